The quantitative estimate of drug-likeness (QED) is 0.440. The summed E-state index contributed by atoms with van der Waals surface area (Å²) in [5, 5.41) is 11.4. The molecule has 1 aromatic heterocycles. The topological polar surface area (TPSA) is 48.1 Å². The van der Waals surface area contributed by atoms with Crippen molar-refractivity contribution in [1.82, 2.24) is 4.57 Å². The molecule has 0 unspecified atom stereocenters. The average Bonchev–Trinajstić information content (AvgIpc) is 2.68. The Bertz CT molecular complexity index is 490. The zero-order valence-corrected chi connectivity index (χ0v) is 9.00. The summed E-state index contributed by atoms with van der Waals surface area (Å²) < 4.78 is 2.15. The Morgan fingerprint density at radius 1 is 1.19 bits per heavy atom. The molecule has 0 aliphatic carbocycles. The Morgan fingerprint density at radius 3 is 2.81 bits per heavy atom. The van der Waals surface area contributed by atoms with Crippen molar-refractivity contribution in [1.29, 1.82) is 0 Å². The number of unbranched alkanes of at least 4 members (excludes halogenated alkanes) is 1. The van der Waals surface area contributed by atoms with Gasteiger partial charge in [-0.25, -0.2) is 0 Å². The standard InChI is InChI=1S/C12H14N2O2/c15-14(16)9-4-3-8-13-10-7-11-5-1-2-6-12(11)13/h1-2,5-7,10H,3-4,8-9H2. The highest BCUT2D eigenvalue weighted by molar-refractivity contribution is 5.79. The Morgan fingerprint density at radius 2 is 2.00 bits per heavy atom. The molecule has 0 spiro atoms. The second kappa shape index (κ2) is 4.79. The molecule has 0 amide bonds. The molecule has 16 heavy (non-hydrogen) atoms. The highest BCUT2D eigenvalue weighted by Crippen LogP contribution is 2.15. The monoisotopic (exact) mass is 218 g/mol. The van der Waals surface area contributed by atoms with Crippen LogP contribution in [0.15, 0.2) is 36.5 Å². The maximum absolute atomic E-state index is 10.2. The fourth-order valence-corrected chi connectivity index (χ4v) is 1.86. The number of benzene rings is 1. The zero-order chi connectivity index (χ0) is 11.4. The van der Waals surface area contributed by atoms with Crippen LogP contribution in [0.5, 0.6) is 0 Å². The first-order valence-electron chi connectivity index (χ1n) is 5.43. The van der Waals surface area contributed by atoms with Crippen LogP contribution < -0.4 is 0 Å². The van der Waals surface area contributed by atoms with E-state index < -0.39 is 0 Å². The van der Waals surface area contributed by atoms with Gasteiger partial charge in [-0.05, 0) is 23.9 Å². The van der Waals surface area contributed by atoms with Crippen molar-refractivity contribution in [2.45, 2.75) is 19.4 Å². The SMILES string of the molecule is O=[N+]([O-])CCCCn1ccc2ccccc21. The van der Waals surface area contributed by atoms with Crippen LogP contribution in [-0.4, -0.2) is 16.0 Å². The molecule has 84 valence electrons. The van der Waals surface area contributed by atoms with E-state index in [2.05, 4.69) is 22.8 Å². The maximum atomic E-state index is 10.2. The Labute approximate surface area is 93.6 Å². The van der Waals surface area contributed by atoms with E-state index in [9.17, 15) is 10.1 Å². The molecule has 0 aliphatic heterocycles. The van der Waals surface area contributed by atoms with Crippen LogP contribution >= 0.6 is 0 Å². The van der Waals surface area contributed by atoms with E-state index in [1.807, 2.05) is 18.3 Å². The molecule has 1 aromatic carbocycles. The number of aryl methyl sites for hydroxylation is 1. The molecule has 0 fully saturated rings. The minimum Gasteiger partial charge on any atom is -0.347 e. The van der Waals surface area contributed by atoms with Gasteiger partial charge in [-0.2, -0.15) is 0 Å². The predicted octanol–water partition coefficient (Wildman–Crippen LogP) is 2.70. The number of fused-ring (bicyclic) bond motifs is 1. The summed E-state index contributed by atoms with van der Waals surface area (Å²) >= 11 is 0. The summed E-state index contributed by atoms with van der Waals surface area (Å²) in [6.45, 7) is 0.917. The number of hydrogen-bond donors (Lipinski definition) is 0. The molecule has 0 aliphatic rings. The van der Waals surface area contributed by atoms with Crippen molar-refractivity contribution < 1.29 is 4.92 Å². The summed E-state index contributed by atoms with van der Waals surface area (Å²) in [6, 6.07) is 10.2. The number of para-hydroxylation sites is 1. The molecular formula is C12H14N2O2. The lowest BCUT2D eigenvalue weighted by Crippen LogP contribution is -2.03. The van der Waals surface area contributed by atoms with Crippen LogP contribution in [0.1, 0.15) is 12.8 Å². The lowest BCUT2D eigenvalue weighted by Gasteiger charge is -2.03. The van der Waals surface area contributed by atoms with Gasteiger partial charge in [0.2, 0.25) is 6.54 Å². The van der Waals surface area contributed by atoms with E-state index in [0.29, 0.717) is 6.42 Å². The van der Waals surface area contributed by atoms with Crippen LogP contribution in [0.2, 0.25) is 0 Å². The van der Waals surface area contributed by atoms with Crippen molar-refractivity contribution in [2.75, 3.05) is 6.54 Å². The first kappa shape index (κ1) is 10.7. The molecule has 4 heteroatoms. The number of rotatable bonds is 5. The minimum absolute atomic E-state index is 0.0687. The van der Waals surface area contributed by atoms with Gasteiger partial charge in [0, 0.05) is 29.6 Å². The lowest BCUT2D eigenvalue weighted by atomic mass is 10.2. The van der Waals surface area contributed by atoms with Gasteiger partial charge < -0.3 is 4.57 Å². The van der Waals surface area contributed by atoms with Crippen LogP contribution in [0.25, 0.3) is 10.9 Å². The molecule has 0 radical (unpaired) electrons. The molecule has 4 nitrogen and oxygen atoms in total. The first-order chi connectivity index (χ1) is 7.77. The number of nitro groups is 1. The van der Waals surface area contributed by atoms with Gasteiger partial charge >= 0.3 is 0 Å². The molecular weight excluding hydrogens is 204 g/mol. The lowest BCUT2D eigenvalue weighted by molar-refractivity contribution is -0.480. The third kappa shape index (κ3) is 2.39. The molecule has 0 N–H and O–H groups in total. The van der Waals surface area contributed by atoms with E-state index in [0.717, 1.165) is 13.0 Å². The van der Waals surface area contributed by atoms with Crippen molar-refractivity contribution in [3.63, 3.8) is 0 Å². The number of hydrogen-bond acceptors (Lipinski definition) is 2. The molecule has 0 saturated carbocycles. The van der Waals surface area contributed by atoms with Crippen molar-refractivity contribution in [3.05, 3.63) is 46.6 Å². The smallest absolute Gasteiger partial charge is 0.203 e. The van der Waals surface area contributed by atoms with Gasteiger partial charge in [-0.3, -0.25) is 10.1 Å². The first-order valence-corrected chi connectivity index (χ1v) is 5.43. The van der Waals surface area contributed by atoms with Crippen LogP contribution in [0.4, 0.5) is 0 Å². The minimum atomic E-state index is -0.256. The van der Waals surface area contributed by atoms with Gasteiger partial charge in [-0.1, -0.05) is 18.2 Å². The Hall–Kier alpha value is -1.84. The van der Waals surface area contributed by atoms with Crippen molar-refractivity contribution in [3.8, 4) is 0 Å². The van der Waals surface area contributed by atoms with Gasteiger partial charge in [0.25, 0.3) is 0 Å². The molecule has 2 rings (SSSR count). The molecule has 2 aromatic rings. The third-order valence-electron chi connectivity index (χ3n) is 2.67. The van der Waals surface area contributed by atoms with E-state index in [1.54, 1.807) is 0 Å². The van der Waals surface area contributed by atoms with Gasteiger partial charge in [-0.15, -0.1) is 0 Å². The van der Waals surface area contributed by atoms with Gasteiger partial charge in [0.05, 0.1) is 0 Å². The van der Waals surface area contributed by atoms with E-state index >= 15 is 0 Å². The fraction of sp³-hybridized carbons (Fsp3) is 0.333. The van der Waals surface area contributed by atoms with E-state index in [4.69, 9.17) is 0 Å². The Balaban J connectivity index is 1.97. The highest BCUT2D eigenvalue weighted by Gasteiger charge is 2.01. The van der Waals surface area contributed by atoms with Gasteiger partial charge in [0.1, 0.15) is 0 Å². The summed E-state index contributed by atoms with van der Waals surface area (Å²) in [7, 11) is 0. The summed E-state index contributed by atoms with van der Waals surface area (Å²) in [5.41, 5.74) is 1.20. The van der Waals surface area contributed by atoms with Crippen LogP contribution in [-0.2, 0) is 6.54 Å². The average molecular weight is 218 g/mol. The second-order valence-electron chi connectivity index (χ2n) is 3.83. The normalized spacial score (nSPS) is 10.8. The number of aromatic nitrogens is 1. The fourth-order valence-electron chi connectivity index (χ4n) is 1.86. The molecule has 0 bridgehead atoms. The zero-order valence-electron chi connectivity index (χ0n) is 9.00. The molecule has 1 heterocycles. The third-order valence-corrected chi connectivity index (χ3v) is 2.67. The molecule has 0 atom stereocenters. The maximum Gasteiger partial charge on any atom is 0.203 e. The highest BCUT2D eigenvalue weighted by atomic mass is 16.6. The van der Waals surface area contributed by atoms with Crippen molar-refractivity contribution >= 4 is 10.9 Å². The second-order valence-corrected chi connectivity index (χ2v) is 3.83. The van der Waals surface area contributed by atoms with Crippen LogP contribution in [0, 0.1) is 10.1 Å². The summed E-state index contributed by atoms with van der Waals surface area (Å²) in [4.78, 5) is 9.92. The Kier molecular flexibility index (Phi) is 3.19. The van der Waals surface area contributed by atoms with E-state index in [-0.39, 0.29) is 11.5 Å². The predicted molar refractivity (Wildman–Crippen MR) is 63.0 cm³/mol. The largest absolute Gasteiger partial charge is 0.347 e. The summed E-state index contributed by atoms with van der Waals surface area (Å²) in [6.07, 6.45) is 3.52. The molecule has 0 saturated heterocycles. The number of nitrogens with zero attached hydrogens (tertiary/aromatic N) is 2. The van der Waals surface area contributed by atoms with Crippen molar-refractivity contribution in [2.24, 2.45) is 0 Å². The van der Waals surface area contributed by atoms with Gasteiger partial charge in [0.15, 0.2) is 0 Å². The summed E-state index contributed by atoms with van der Waals surface area (Å²) in [5.74, 6) is 0. The van der Waals surface area contributed by atoms with E-state index in [1.165, 1.54) is 10.9 Å². The van der Waals surface area contributed by atoms with Crippen LogP contribution in [0.3, 0.4) is 0 Å².